The number of hydrogen-bond acceptors (Lipinski definition) is 4. The average molecular weight is 311 g/mol. The number of rotatable bonds is 4. The minimum absolute atomic E-state index is 0.0776. The topological polar surface area (TPSA) is 106 Å². The summed E-state index contributed by atoms with van der Waals surface area (Å²) >= 11 is 0. The molecule has 0 radical (unpaired) electrons. The van der Waals surface area contributed by atoms with Gasteiger partial charge < -0.3 is 15.4 Å². The van der Waals surface area contributed by atoms with Crippen LogP contribution in [-0.2, 0) is 11.2 Å². The van der Waals surface area contributed by atoms with E-state index in [1.807, 2.05) is 6.07 Å². The first-order chi connectivity index (χ1) is 10.9. The summed E-state index contributed by atoms with van der Waals surface area (Å²) in [5.41, 5.74) is 2.26. The number of phenolic OH excluding ortho intramolecular Hbond substituents is 1. The van der Waals surface area contributed by atoms with Crippen molar-refractivity contribution in [1.29, 1.82) is 5.26 Å². The summed E-state index contributed by atoms with van der Waals surface area (Å²) in [6.07, 6.45) is 0.613. The van der Waals surface area contributed by atoms with Crippen molar-refractivity contribution in [2.75, 3.05) is 5.32 Å². The maximum atomic E-state index is 12.0. The highest BCUT2D eigenvalue weighted by Gasteiger charge is 2.13. The van der Waals surface area contributed by atoms with E-state index in [-0.39, 0.29) is 23.6 Å². The summed E-state index contributed by atoms with van der Waals surface area (Å²) < 4.78 is 0. The van der Waals surface area contributed by atoms with E-state index in [0.717, 1.165) is 5.56 Å². The van der Waals surface area contributed by atoms with E-state index >= 15 is 0 Å². The molecule has 0 aliphatic heterocycles. The zero-order valence-corrected chi connectivity index (χ0v) is 12.9. The number of nitriles is 1. The standard InChI is InChI=1S/C17H17N3O3/c1-10-14(11(2)19-17(23)15(10)9-18)6-7-16(22)20-12-4-3-5-13(21)8-12/h3-5,8,21H,6-7H2,1-2H3,(H,19,23)(H,20,22). The number of phenols is 1. The van der Waals surface area contributed by atoms with Gasteiger partial charge in [-0.15, -0.1) is 0 Å². The van der Waals surface area contributed by atoms with Gasteiger partial charge in [-0.3, -0.25) is 9.59 Å². The predicted octanol–water partition coefficient (Wildman–Crippen LogP) is 2.14. The second-order valence-corrected chi connectivity index (χ2v) is 5.27. The molecule has 23 heavy (non-hydrogen) atoms. The van der Waals surface area contributed by atoms with Crippen molar-refractivity contribution in [2.45, 2.75) is 26.7 Å². The fourth-order valence-corrected chi connectivity index (χ4v) is 2.47. The Morgan fingerprint density at radius 2 is 2.13 bits per heavy atom. The Morgan fingerprint density at radius 1 is 1.39 bits per heavy atom. The van der Waals surface area contributed by atoms with Gasteiger partial charge in [0.2, 0.25) is 5.91 Å². The molecule has 0 spiro atoms. The highest BCUT2D eigenvalue weighted by atomic mass is 16.3. The van der Waals surface area contributed by atoms with Gasteiger partial charge in [-0.05, 0) is 43.5 Å². The minimum atomic E-state index is -0.407. The van der Waals surface area contributed by atoms with Crippen molar-refractivity contribution >= 4 is 11.6 Å². The van der Waals surface area contributed by atoms with Gasteiger partial charge in [0.05, 0.1) is 0 Å². The third-order valence-corrected chi connectivity index (χ3v) is 3.65. The number of aromatic hydroxyl groups is 1. The van der Waals surface area contributed by atoms with Gasteiger partial charge >= 0.3 is 0 Å². The van der Waals surface area contributed by atoms with Crippen molar-refractivity contribution in [2.24, 2.45) is 0 Å². The van der Waals surface area contributed by atoms with E-state index in [4.69, 9.17) is 5.26 Å². The number of amides is 1. The molecule has 0 unspecified atom stereocenters. The highest BCUT2D eigenvalue weighted by Crippen LogP contribution is 2.17. The van der Waals surface area contributed by atoms with Crippen LogP contribution in [0.5, 0.6) is 5.75 Å². The normalized spacial score (nSPS) is 10.1. The van der Waals surface area contributed by atoms with Crippen LogP contribution in [0.1, 0.15) is 28.8 Å². The minimum Gasteiger partial charge on any atom is -0.508 e. The molecule has 3 N–H and O–H groups in total. The van der Waals surface area contributed by atoms with Gasteiger partial charge in [0.25, 0.3) is 5.56 Å². The molecule has 2 rings (SSSR count). The number of carbonyl (C=O) groups excluding carboxylic acids is 1. The highest BCUT2D eigenvalue weighted by molar-refractivity contribution is 5.91. The number of nitrogens with zero attached hydrogens (tertiary/aromatic N) is 1. The van der Waals surface area contributed by atoms with Crippen LogP contribution in [0.3, 0.4) is 0 Å². The lowest BCUT2D eigenvalue weighted by Crippen LogP contribution is -2.18. The van der Waals surface area contributed by atoms with E-state index in [1.165, 1.54) is 12.1 Å². The molecule has 0 bridgehead atoms. The number of aryl methyl sites for hydroxylation is 1. The first kappa shape index (κ1) is 16.3. The monoisotopic (exact) mass is 311 g/mol. The molecule has 6 nitrogen and oxygen atoms in total. The molecule has 1 aromatic carbocycles. The molecule has 0 fully saturated rings. The third-order valence-electron chi connectivity index (χ3n) is 3.65. The largest absolute Gasteiger partial charge is 0.508 e. The molecule has 2 aromatic rings. The van der Waals surface area contributed by atoms with E-state index in [1.54, 1.807) is 26.0 Å². The lowest BCUT2D eigenvalue weighted by Gasteiger charge is -2.11. The summed E-state index contributed by atoms with van der Waals surface area (Å²) in [6, 6.07) is 8.19. The molecule has 0 aliphatic carbocycles. The van der Waals surface area contributed by atoms with Gasteiger partial charge in [0.15, 0.2) is 0 Å². The quantitative estimate of drug-likeness (QED) is 0.804. The first-order valence-electron chi connectivity index (χ1n) is 7.13. The molecule has 1 amide bonds. The fraction of sp³-hybridized carbons (Fsp3) is 0.235. The zero-order chi connectivity index (χ0) is 17.0. The number of anilines is 1. The Morgan fingerprint density at radius 3 is 2.78 bits per heavy atom. The summed E-state index contributed by atoms with van der Waals surface area (Å²) in [4.78, 5) is 26.3. The maximum Gasteiger partial charge on any atom is 0.266 e. The number of pyridine rings is 1. The second kappa shape index (κ2) is 6.79. The van der Waals surface area contributed by atoms with Crippen molar-refractivity contribution in [3.8, 4) is 11.8 Å². The Bertz CT molecular complexity index is 847. The molecule has 0 saturated heterocycles. The molecular weight excluding hydrogens is 294 g/mol. The SMILES string of the molecule is Cc1[nH]c(=O)c(C#N)c(C)c1CCC(=O)Nc1cccc(O)c1. The zero-order valence-electron chi connectivity index (χ0n) is 12.9. The summed E-state index contributed by atoms with van der Waals surface area (Å²) in [5, 5.41) is 21.1. The van der Waals surface area contributed by atoms with Crippen LogP contribution in [0.25, 0.3) is 0 Å². The number of H-pyrrole nitrogens is 1. The van der Waals surface area contributed by atoms with Crippen LogP contribution >= 0.6 is 0 Å². The van der Waals surface area contributed by atoms with Crippen LogP contribution < -0.4 is 10.9 Å². The Balaban J connectivity index is 2.11. The lowest BCUT2D eigenvalue weighted by atomic mass is 9.99. The summed E-state index contributed by atoms with van der Waals surface area (Å²) in [6.45, 7) is 3.46. The number of carbonyl (C=O) groups is 1. The number of hydrogen-bond donors (Lipinski definition) is 3. The van der Waals surface area contributed by atoms with Crippen LogP contribution in [0.15, 0.2) is 29.1 Å². The second-order valence-electron chi connectivity index (χ2n) is 5.27. The predicted molar refractivity (Wildman–Crippen MR) is 86.3 cm³/mol. The van der Waals surface area contributed by atoms with E-state index in [9.17, 15) is 14.7 Å². The van der Waals surface area contributed by atoms with Crippen molar-refractivity contribution in [3.05, 3.63) is 57.0 Å². The fourth-order valence-electron chi connectivity index (χ4n) is 2.47. The third kappa shape index (κ3) is 3.77. The van der Waals surface area contributed by atoms with Crippen LogP contribution in [0.2, 0.25) is 0 Å². The molecule has 118 valence electrons. The van der Waals surface area contributed by atoms with E-state index in [0.29, 0.717) is 23.4 Å². The molecule has 0 aliphatic rings. The molecule has 6 heteroatoms. The Kier molecular flexibility index (Phi) is 4.82. The molecule has 0 atom stereocenters. The Hall–Kier alpha value is -3.07. The van der Waals surface area contributed by atoms with Crippen LogP contribution in [0, 0.1) is 25.2 Å². The van der Waals surface area contributed by atoms with E-state index < -0.39 is 5.56 Å². The molecule has 0 saturated carbocycles. The van der Waals surface area contributed by atoms with Gasteiger partial charge in [-0.2, -0.15) is 5.26 Å². The summed E-state index contributed by atoms with van der Waals surface area (Å²) in [5.74, 6) is -0.132. The van der Waals surface area contributed by atoms with Gasteiger partial charge in [-0.25, -0.2) is 0 Å². The Labute approximate surface area is 133 Å². The summed E-state index contributed by atoms with van der Waals surface area (Å²) in [7, 11) is 0. The lowest BCUT2D eigenvalue weighted by molar-refractivity contribution is -0.116. The number of aromatic amines is 1. The molecule has 1 heterocycles. The number of aromatic nitrogens is 1. The first-order valence-corrected chi connectivity index (χ1v) is 7.13. The average Bonchev–Trinajstić information content (AvgIpc) is 2.47. The van der Waals surface area contributed by atoms with Crippen LogP contribution in [-0.4, -0.2) is 16.0 Å². The van der Waals surface area contributed by atoms with Crippen molar-refractivity contribution in [3.63, 3.8) is 0 Å². The molecular formula is C17H17N3O3. The van der Waals surface area contributed by atoms with Crippen molar-refractivity contribution < 1.29 is 9.90 Å². The van der Waals surface area contributed by atoms with Gasteiger partial charge in [0, 0.05) is 23.9 Å². The number of benzene rings is 1. The van der Waals surface area contributed by atoms with E-state index in [2.05, 4.69) is 10.3 Å². The van der Waals surface area contributed by atoms with Crippen molar-refractivity contribution in [1.82, 2.24) is 4.98 Å². The molecule has 1 aromatic heterocycles. The van der Waals surface area contributed by atoms with Gasteiger partial charge in [0.1, 0.15) is 17.4 Å². The van der Waals surface area contributed by atoms with Gasteiger partial charge in [-0.1, -0.05) is 6.07 Å². The number of nitrogens with one attached hydrogen (secondary N) is 2. The smallest absolute Gasteiger partial charge is 0.266 e. The van der Waals surface area contributed by atoms with Crippen LogP contribution in [0.4, 0.5) is 5.69 Å². The maximum absolute atomic E-state index is 12.0.